The van der Waals surface area contributed by atoms with E-state index in [4.69, 9.17) is 30.6 Å². The monoisotopic (exact) mass is 534 g/mol. The highest BCUT2D eigenvalue weighted by atomic mass is 35.5. The number of aromatic nitrogens is 2. The summed E-state index contributed by atoms with van der Waals surface area (Å²) in [5, 5.41) is 15.0. The molecule has 5 rings (SSSR count). The van der Waals surface area contributed by atoms with E-state index in [1.54, 1.807) is 24.3 Å². The lowest BCUT2D eigenvalue weighted by Crippen LogP contribution is -2.28. The highest BCUT2D eigenvalue weighted by Crippen LogP contribution is 2.34. The van der Waals surface area contributed by atoms with Crippen molar-refractivity contribution in [1.82, 2.24) is 15.2 Å². The third kappa shape index (κ3) is 5.95. The molecule has 0 saturated heterocycles. The second kappa shape index (κ2) is 11.5. The zero-order valence-electron chi connectivity index (χ0n) is 19.9. The zero-order chi connectivity index (χ0) is 25.6. The van der Waals surface area contributed by atoms with Gasteiger partial charge in [-0.15, -0.1) is 10.2 Å². The Morgan fingerprint density at radius 3 is 2.57 bits per heavy atom. The predicted molar refractivity (Wildman–Crippen MR) is 141 cm³/mol. The largest absolute Gasteiger partial charge is 0.497 e. The molecule has 0 aliphatic carbocycles. The van der Waals surface area contributed by atoms with Crippen molar-refractivity contribution in [2.45, 2.75) is 24.3 Å². The van der Waals surface area contributed by atoms with Gasteiger partial charge in [-0.25, -0.2) is 5.01 Å². The van der Waals surface area contributed by atoms with Crippen molar-refractivity contribution in [2.24, 2.45) is 5.10 Å². The predicted octanol–water partition coefficient (Wildman–Crippen LogP) is 5.78. The summed E-state index contributed by atoms with van der Waals surface area (Å²) in [5.74, 6) is 1.49. The first-order chi connectivity index (χ1) is 18.1. The summed E-state index contributed by atoms with van der Waals surface area (Å²) >= 11 is 7.27. The number of thioether (sulfide) groups is 1. The van der Waals surface area contributed by atoms with Gasteiger partial charge < -0.3 is 13.9 Å². The third-order valence-electron chi connectivity index (χ3n) is 5.73. The topological polar surface area (TPSA) is 90.1 Å². The molecule has 0 bridgehead atoms. The van der Waals surface area contributed by atoms with Crippen LogP contribution < -0.4 is 9.47 Å². The van der Waals surface area contributed by atoms with Crippen LogP contribution in [0.15, 0.2) is 93.6 Å². The Labute approximate surface area is 223 Å². The minimum absolute atomic E-state index is 0.0711. The molecule has 1 aliphatic heterocycles. The van der Waals surface area contributed by atoms with E-state index >= 15 is 0 Å². The molecule has 37 heavy (non-hydrogen) atoms. The van der Waals surface area contributed by atoms with E-state index in [-0.39, 0.29) is 35.4 Å². The van der Waals surface area contributed by atoms with Crippen LogP contribution in [0.3, 0.4) is 0 Å². The van der Waals surface area contributed by atoms with Gasteiger partial charge in [0.1, 0.15) is 11.5 Å². The van der Waals surface area contributed by atoms with Crippen LogP contribution in [0.5, 0.6) is 11.5 Å². The molecule has 1 amide bonds. The number of hydrazone groups is 1. The van der Waals surface area contributed by atoms with E-state index in [9.17, 15) is 4.79 Å². The summed E-state index contributed by atoms with van der Waals surface area (Å²) in [5.41, 5.74) is 2.83. The summed E-state index contributed by atoms with van der Waals surface area (Å²) in [6, 6.07) is 24.5. The first-order valence-corrected chi connectivity index (χ1v) is 12.9. The fourth-order valence-corrected chi connectivity index (χ4v) is 4.70. The van der Waals surface area contributed by atoms with E-state index < -0.39 is 0 Å². The number of methoxy groups -OCH3 is 1. The number of halogens is 1. The maximum atomic E-state index is 13.3. The number of benzene rings is 3. The van der Waals surface area contributed by atoms with Gasteiger partial charge in [-0.1, -0.05) is 78.0 Å². The lowest BCUT2D eigenvalue weighted by molar-refractivity contribution is -0.130. The first-order valence-electron chi connectivity index (χ1n) is 11.5. The third-order valence-corrected chi connectivity index (χ3v) is 6.84. The van der Waals surface area contributed by atoms with Gasteiger partial charge in [0.15, 0.2) is 6.61 Å². The molecular formula is C27H23ClN4O4S. The fraction of sp³-hybridized carbons (Fsp3) is 0.185. The van der Waals surface area contributed by atoms with E-state index in [1.165, 1.54) is 0 Å². The molecule has 10 heteroatoms. The Balaban J connectivity index is 1.26. The van der Waals surface area contributed by atoms with Crippen LogP contribution in [0.2, 0.25) is 5.02 Å². The Kier molecular flexibility index (Phi) is 7.72. The second-order valence-electron chi connectivity index (χ2n) is 8.11. The van der Waals surface area contributed by atoms with E-state index in [0.717, 1.165) is 34.3 Å². The minimum Gasteiger partial charge on any atom is -0.497 e. The Bertz CT molecular complexity index is 1400. The van der Waals surface area contributed by atoms with Crippen molar-refractivity contribution < 1.29 is 18.7 Å². The number of nitrogens with zero attached hydrogens (tertiary/aromatic N) is 4. The standard InChI is InChI=1S/C27H23ClN4O4S/c1-34-20-13-11-19(12-14-20)23-15-22(18-7-3-2-4-8-18)31-32(23)26(33)17-37-27-30-29-25(36-27)16-35-24-10-6-5-9-21(24)28/h2-14,23H,15-17H2,1H3/t23-/m1/s1. The van der Waals surface area contributed by atoms with Gasteiger partial charge in [0.05, 0.1) is 29.6 Å². The number of para-hydroxylation sites is 1. The summed E-state index contributed by atoms with van der Waals surface area (Å²) in [6.07, 6.45) is 0.608. The number of hydrogen-bond acceptors (Lipinski definition) is 8. The van der Waals surface area contributed by atoms with Crippen molar-refractivity contribution >= 4 is 35.0 Å². The number of carbonyl (C=O) groups is 1. The minimum atomic E-state index is -0.225. The molecule has 1 aromatic heterocycles. The molecule has 3 aromatic carbocycles. The Morgan fingerprint density at radius 2 is 1.81 bits per heavy atom. The van der Waals surface area contributed by atoms with Crippen LogP contribution in [-0.4, -0.2) is 39.7 Å². The maximum Gasteiger partial charge on any atom is 0.277 e. The van der Waals surface area contributed by atoms with Crippen LogP contribution >= 0.6 is 23.4 Å². The van der Waals surface area contributed by atoms with E-state index in [1.807, 2.05) is 66.7 Å². The summed E-state index contributed by atoms with van der Waals surface area (Å²) in [6.45, 7) is 0.0711. The maximum absolute atomic E-state index is 13.3. The van der Waals surface area contributed by atoms with Crippen LogP contribution in [0.1, 0.15) is 29.5 Å². The normalized spacial score (nSPS) is 14.9. The average molecular weight is 535 g/mol. The van der Waals surface area contributed by atoms with E-state index in [0.29, 0.717) is 17.2 Å². The molecule has 8 nitrogen and oxygen atoms in total. The van der Waals surface area contributed by atoms with Crippen LogP contribution in [-0.2, 0) is 11.4 Å². The Morgan fingerprint density at radius 1 is 1.05 bits per heavy atom. The van der Waals surface area contributed by atoms with Crippen LogP contribution in [0.4, 0.5) is 0 Å². The van der Waals surface area contributed by atoms with Crippen molar-refractivity contribution in [1.29, 1.82) is 0 Å². The van der Waals surface area contributed by atoms with Gasteiger partial charge in [0, 0.05) is 6.42 Å². The van der Waals surface area contributed by atoms with Gasteiger partial charge in [-0.3, -0.25) is 4.79 Å². The molecule has 0 fully saturated rings. The number of carbonyl (C=O) groups excluding carboxylic acids is 1. The molecule has 2 heterocycles. The Hall–Kier alpha value is -3.82. The molecule has 0 radical (unpaired) electrons. The zero-order valence-corrected chi connectivity index (χ0v) is 21.5. The molecule has 0 saturated carbocycles. The highest BCUT2D eigenvalue weighted by molar-refractivity contribution is 7.99. The van der Waals surface area contributed by atoms with Gasteiger partial charge in [0.25, 0.3) is 17.0 Å². The first kappa shape index (κ1) is 24.9. The van der Waals surface area contributed by atoms with Gasteiger partial charge >= 0.3 is 0 Å². The van der Waals surface area contributed by atoms with Gasteiger partial charge in [-0.05, 0) is 35.4 Å². The number of rotatable bonds is 9. The second-order valence-corrected chi connectivity index (χ2v) is 9.45. The fourth-order valence-electron chi connectivity index (χ4n) is 3.88. The summed E-state index contributed by atoms with van der Waals surface area (Å²) in [7, 11) is 1.63. The molecule has 0 unspecified atom stereocenters. The van der Waals surface area contributed by atoms with E-state index in [2.05, 4.69) is 10.2 Å². The lowest BCUT2D eigenvalue weighted by Gasteiger charge is -2.22. The molecule has 4 aromatic rings. The number of hydrogen-bond donors (Lipinski definition) is 0. The molecule has 0 spiro atoms. The summed E-state index contributed by atoms with van der Waals surface area (Å²) in [4.78, 5) is 13.3. The molecule has 1 atom stereocenters. The highest BCUT2D eigenvalue weighted by Gasteiger charge is 2.33. The number of amides is 1. The van der Waals surface area contributed by atoms with Crippen molar-refractivity contribution in [3.63, 3.8) is 0 Å². The molecular weight excluding hydrogens is 512 g/mol. The number of ether oxygens (including phenoxy) is 2. The van der Waals surface area contributed by atoms with Crippen molar-refractivity contribution in [3.8, 4) is 11.5 Å². The van der Waals surface area contributed by atoms with Gasteiger partial charge in [-0.2, -0.15) is 5.10 Å². The van der Waals surface area contributed by atoms with Gasteiger partial charge in [0.2, 0.25) is 0 Å². The lowest BCUT2D eigenvalue weighted by atomic mass is 9.98. The van der Waals surface area contributed by atoms with Crippen LogP contribution in [0.25, 0.3) is 0 Å². The van der Waals surface area contributed by atoms with Crippen LogP contribution in [0, 0.1) is 0 Å². The SMILES string of the molecule is COc1ccc([C@H]2CC(c3ccccc3)=NN2C(=O)CSc2nnc(COc3ccccc3Cl)o2)cc1. The van der Waals surface area contributed by atoms with Crippen molar-refractivity contribution in [2.75, 3.05) is 12.9 Å². The van der Waals surface area contributed by atoms with Crippen molar-refractivity contribution in [3.05, 3.63) is 101 Å². The molecule has 188 valence electrons. The smallest absolute Gasteiger partial charge is 0.277 e. The quantitative estimate of drug-likeness (QED) is 0.251. The summed E-state index contributed by atoms with van der Waals surface area (Å²) < 4.78 is 16.6. The molecule has 1 aliphatic rings. The average Bonchev–Trinajstić information content (AvgIpc) is 3.60. The molecule has 0 N–H and O–H groups in total.